The highest BCUT2D eigenvalue weighted by Crippen LogP contribution is 2.13. The van der Waals surface area contributed by atoms with E-state index in [9.17, 15) is 13.2 Å². The molecule has 1 aromatic rings. The van der Waals surface area contributed by atoms with Gasteiger partial charge in [-0.1, -0.05) is 30.3 Å². The normalized spacial score (nSPS) is 10.0. The van der Waals surface area contributed by atoms with E-state index in [2.05, 4.69) is 6.92 Å². The van der Waals surface area contributed by atoms with Crippen LogP contribution in [0.3, 0.4) is 0 Å². The molecule has 1 rings (SSSR count). The molecule has 0 spiro atoms. The van der Waals surface area contributed by atoms with Crippen molar-refractivity contribution in [3.8, 4) is 0 Å². The maximum absolute atomic E-state index is 10.6. The first-order chi connectivity index (χ1) is 6.34. The van der Waals surface area contributed by atoms with Crippen molar-refractivity contribution in [2.75, 3.05) is 0 Å². The van der Waals surface area contributed by atoms with Crippen molar-refractivity contribution >= 4 is 5.97 Å². The first kappa shape index (κ1) is 12.5. The minimum atomic E-state index is -5.08. The summed E-state index contributed by atoms with van der Waals surface area (Å²) in [4.78, 5) is 8.90. The SMILES string of the molecule is O=C(O)C(F)(F)F.[CH2]c1ccccc1. The van der Waals surface area contributed by atoms with Gasteiger partial charge in [-0.15, -0.1) is 0 Å². The summed E-state index contributed by atoms with van der Waals surface area (Å²) in [7, 11) is 0. The third kappa shape index (κ3) is 6.05. The average molecular weight is 205 g/mol. The van der Waals surface area contributed by atoms with Crippen LogP contribution in [0.4, 0.5) is 13.2 Å². The predicted molar refractivity (Wildman–Crippen MR) is 44.6 cm³/mol. The van der Waals surface area contributed by atoms with Gasteiger partial charge in [0.15, 0.2) is 0 Å². The number of aliphatic carboxylic acids is 1. The van der Waals surface area contributed by atoms with E-state index < -0.39 is 12.1 Å². The van der Waals surface area contributed by atoms with E-state index in [0.717, 1.165) is 5.56 Å². The summed E-state index contributed by atoms with van der Waals surface area (Å²) in [6.07, 6.45) is -5.08. The zero-order chi connectivity index (χ0) is 11.2. The van der Waals surface area contributed by atoms with Gasteiger partial charge in [0.2, 0.25) is 0 Å². The number of rotatable bonds is 0. The maximum Gasteiger partial charge on any atom is 0.490 e. The Morgan fingerprint density at radius 1 is 1.21 bits per heavy atom. The van der Waals surface area contributed by atoms with E-state index in [1.165, 1.54) is 0 Å². The second-order valence-electron chi connectivity index (χ2n) is 2.29. The molecule has 0 unspecified atom stereocenters. The van der Waals surface area contributed by atoms with Gasteiger partial charge in [-0.05, 0) is 12.5 Å². The van der Waals surface area contributed by atoms with E-state index in [4.69, 9.17) is 9.90 Å². The Labute approximate surface area is 79.0 Å². The molecule has 0 aliphatic carbocycles. The van der Waals surface area contributed by atoms with Gasteiger partial charge in [-0.2, -0.15) is 13.2 Å². The van der Waals surface area contributed by atoms with Crippen molar-refractivity contribution in [2.45, 2.75) is 6.18 Å². The Bertz CT molecular complexity index is 280. The second-order valence-corrected chi connectivity index (χ2v) is 2.29. The van der Waals surface area contributed by atoms with Crippen LogP contribution in [0.2, 0.25) is 0 Å². The van der Waals surface area contributed by atoms with E-state index in [1.54, 1.807) is 0 Å². The number of halogens is 3. The Morgan fingerprint density at radius 2 is 1.57 bits per heavy atom. The molecule has 0 heterocycles. The lowest BCUT2D eigenvalue weighted by molar-refractivity contribution is -0.192. The number of benzene rings is 1. The summed E-state index contributed by atoms with van der Waals surface area (Å²) in [6, 6.07) is 9.87. The van der Waals surface area contributed by atoms with Gasteiger partial charge in [-0.3, -0.25) is 0 Å². The van der Waals surface area contributed by atoms with Gasteiger partial charge in [0.1, 0.15) is 0 Å². The van der Waals surface area contributed by atoms with Crippen LogP contribution in [0.15, 0.2) is 30.3 Å². The van der Waals surface area contributed by atoms with Crippen molar-refractivity contribution in [3.05, 3.63) is 42.8 Å². The standard InChI is InChI=1S/C7H7.C2HF3O2/c1-7-5-3-2-4-6-7;3-2(4,5)1(6)7/h2-6H,1H2;(H,6,7). The van der Waals surface area contributed by atoms with Crippen LogP contribution in [0.25, 0.3) is 0 Å². The average Bonchev–Trinajstić information content (AvgIpc) is 2.04. The van der Waals surface area contributed by atoms with Crippen LogP contribution in [0, 0.1) is 6.92 Å². The highest BCUT2D eigenvalue weighted by molar-refractivity contribution is 5.73. The summed E-state index contributed by atoms with van der Waals surface area (Å²) in [5.74, 6) is -2.76. The van der Waals surface area contributed by atoms with Gasteiger partial charge >= 0.3 is 12.1 Å². The molecule has 0 amide bonds. The Hall–Kier alpha value is -1.52. The zero-order valence-electron chi connectivity index (χ0n) is 7.08. The quantitative estimate of drug-likeness (QED) is 0.706. The van der Waals surface area contributed by atoms with Crippen LogP contribution in [-0.4, -0.2) is 17.3 Å². The lowest BCUT2D eigenvalue weighted by Gasteiger charge is -1.93. The molecule has 14 heavy (non-hydrogen) atoms. The summed E-state index contributed by atoms with van der Waals surface area (Å²) in [5, 5.41) is 7.12. The third-order valence-corrected chi connectivity index (χ3v) is 1.09. The molecule has 1 aromatic carbocycles. The molecule has 1 N–H and O–H groups in total. The fourth-order valence-corrected chi connectivity index (χ4v) is 0.478. The highest BCUT2D eigenvalue weighted by atomic mass is 19.4. The Kier molecular flexibility index (Phi) is 4.69. The first-order valence-electron chi connectivity index (χ1n) is 3.51. The molecule has 0 aliphatic rings. The Balaban J connectivity index is 0.000000241. The molecular formula is C9H8F3O2. The minimum Gasteiger partial charge on any atom is -0.475 e. The van der Waals surface area contributed by atoms with Gasteiger partial charge in [0, 0.05) is 0 Å². The molecule has 0 bridgehead atoms. The van der Waals surface area contributed by atoms with Crippen LogP contribution in [0.5, 0.6) is 0 Å². The van der Waals surface area contributed by atoms with Crippen molar-refractivity contribution in [3.63, 3.8) is 0 Å². The van der Waals surface area contributed by atoms with Crippen LogP contribution in [-0.2, 0) is 4.79 Å². The highest BCUT2D eigenvalue weighted by Gasteiger charge is 2.38. The smallest absolute Gasteiger partial charge is 0.475 e. The molecular weight excluding hydrogens is 197 g/mol. The molecule has 1 radical (unpaired) electrons. The number of carboxylic acids is 1. The van der Waals surface area contributed by atoms with Gasteiger partial charge in [0.25, 0.3) is 0 Å². The van der Waals surface area contributed by atoms with Gasteiger partial charge < -0.3 is 5.11 Å². The molecule has 0 fully saturated rings. The number of hydrogen-bond donors (Lipinski definition) is 1. The summed E-state index contributed by atoms with van der Waals surface area (Å²) in [5.41, 5.74) is 1.07. The predicted octanol–water partition coefficient (Wildman–Crippen LogP) is 2.50. The van der Waals surface area contributed by atoms with E-state index in [0.29, 0.717) is 0 Å². The van der Waals surface area contributed by atoms with Gasteiger partial charge in [0.05, 0.1) is 0 Å². The topological polar surface area (TPSA) is 37.3 Å². The Morgan fingerprint density at radius 3 is 1.71 bits per heavy atom. The molecule has 5 heteroatoms. The van der Waals surface area contributed by atoms with Crippen LogP contribution < -0.4 is 0 Å². The summed E-state index contributed by atoms with van der Waals surface area (Å²) >= 11 is 0. The largest absolute Gasteiger partial charge is 0.490 e. The van der Waals surface area contributed by atoms with E-state index >= 15 is 0 Å². The molecule has 2 nitrogen and oxygen atoms in total. The third-order valence-electron chi connectivity index (χ3n) is 1.09. The van der Waals surface area contributed by atoms with E-state index in [1.807, 2.05) is 30.3 Å². The molecule has 0 aromatic heterocycles. The molecule has 0 saturated heterocycles. The van der Waals surface area contributed by atoms with Crippen molar-refractivity contribution in [2.24, 2.45) is 0 Å². The molecule has 0 aliphatic heterocycles. The number of hydrogen-bond acceptors (Lipinski definition) is 1. The first-order valence-corrected chi connectivity index (χ1v) is 3.51. The fourth-order valence-electron chi connectivity index (χ4n) is 0.478. The van der Waals surface area contributed by atoms with Crippen molar-refractivity contribution < 1.29 is 23.1 Å². The summed E-state index contributed by atoms with van der Waals surface area (Å²) in [6.45, 7) is 3.72. The minimum absolute atomic E-state index is 1.07. The van der Waals surface area contributed by atoms with E-state index in [-0.39, 0.29) is 0 Å². The lowest BCUT2D eigenvalue weighted by Crippen LogP contribution is -2.21. The zero-order valence-corrected chi connectivity index (χ0v) is 7.08. The number of carbonyl (C=O) groups is 1. The maximum atomic E-state index is 10.6. The molecule has 77 valence electrons. The fraction of sp³-hybridized carbons (Fsp3) is 0.111. The monoisotopic (exact) mass is 205 g/mol. The molecule has 0 saturated carbocycles. The lowest BCUT2D eigenvalue weighted by atomic mass is 10.2. The van der Waals surface area contributed by atoms with Crippen LogP contribution >= 0.6 is 0 Å². The summed E-state index contributed by atoms with van der Waals surface area (Å²) < 4.78 is 31.7. The number of carboxylic acid groups (broad SMARTS) is 1. The van der Waals surface area contributed by atoms with Crippen LogP contribution in [0.1, 0.15) is 5.56 Å². The van der Waals surface area contributed by atoms with Gasteiger partial charge in [-0.25, -0.2) is 4.79 Å². The molecule has 0 atom stereocenters. The number of alkyl halides is 3. The second kappa shape index (κ2) is 5.26. The van der Waals surface area contributed by atoms with Crippen molar-refractivity contribution in [1.82, 2.24) is 0 Å². The van der Waals surface area contributed by atoms with Crippen molar-refractivity contribution in [1.29, 1.82) is 0 Å².